The van der Waals surface area contributed by atoms with Gasteiger partial charge >= 0.3 is 5.97 Å². The summed E-state index contributed by atoms with van der Waals surface area (Å²) in [7, 11) is 2.84. The van der Waals surface area contributed by atoms with E-state index in [1.165, 1.54) is 11.8 Å². The molecule has 0 saturated heterocycles. The third-order valence-electron chi connectivity index (χ3n) is 5.15. The molecule has 2 aromatic carbocycles. The van der Waals surface area contributed by atoms with Crippen molar-refractivity contribution in [3.63, 3.8) is 0 Å². The van der Waals surface area contributed by atoms with E-state index in [-0.39, 0.29) is 24.5 Å². The molecule has 9 heteroatoms. The lowest BCUT2D eigenvalue weighted by Gasteiger charge is -2.12. The lowest BCUT2D eigenvalue weighted by atomic mass is 10.1. The summed E-state index contributed by atoms with van der Waals surface area (Å²) in [5.41, 5.74) is 2.86. The van der Waals surface area contributed by atoms with Gasteiger partial charge in [-0.1, -0.05) is 42.5 Å². The van der Waals surface area contributed by atoms with Gasteiger partial charge in [0.2, 0.25) is 5.91 Å². The van der Waals surface area contributed by atoms with E-state index < -0.39 is 17.9 Å². The Morgan fingerprint density at radius 1 is 1.09 bits per heavy atom. The molecule has 0 aliphatic carbocycles. The van der Waals surface area contributed by atoms with Gasteiger partial charge in [-0.15, -0.1) is 0 Å². The van der Waals surface area contributed by atoms with Gasteiger partial charge < -0.3 is 20.1 Å². The molecule has 32 heavy (non-hydrogen) atoms. The van der Waals surface area contributed by atoms with Crippen molar-refractivity contribution in [2.45, 2.75) is 19.1 Å². The Labute approximate surface area is 184 Å². The van der Waals surface area contributed by atoms with Crippen molar-refractivity contribution in [3.05, 3.63) is 65.9 Å². The van der Waals surface area contributed by atoms with Gasteiger partial charge in [0, 0.05) is 12.7 Å². The number of nitrogens with zero attached hydrogens (tertiary/aromatic N) is 2. The standard InChI is InChI=1S/C23H22N4O5/c1-31-13-17-20(14-8-4-3-5-9-14)21-25-22(29)18(27(21)26-17)12-19(28)24-16-11-7-6-10-15(16)23(30)32-2/h3-11,18H,12-13H2,1-2H3,(H,24,28)(H,25,29)/t18-/m0/s1. The van der Waals surface area contributed by atoms with E-state index in [0.717, 1.165) is 11.1 Å². The van der Waals surface area contributed by atoms with Gasteiger partial charge in [-0.2, -0.15) is 5.10 Å². The number of esters is 1. The van der Waals surface area contributed by atoms with Gasteiger partial charge in [-0.05, 0) is 17.7 Å². The average Bonchev–Trinajstić information content (AvgIpc) is 3.29. The molecule has 1 atom stereocenters. The number of carbonyl (C=O) groups is 3. The number of nitrogens with one attached hydrogen (secondary N) is 2. The van der Waals surface area contributed by atoms with Crippen LogP contribution in [-0.2, 0) is 25.7 Å². The highest BCUT2D eigenvalue weighted by Gasteiger charge is 2.37. The molecule has 0 bridgehead atoms. The summed E-state index contributed by atoms with van der Waals surface area (Å²) >= 11 is 0. The quantitative estimate of drug-likeness (QED) is 0.553. The first-order valence-electron chi connectivity index (χ1n) is 9.97. The molecule has 0 spiro atoms. The second kappa shape index (κ2) is 9.03. The van der Waals surface area contributed by atoms with Crippen molar-refractivity contribution in [2.75, 3.05) is 24.9 Å². The molecule has 9 nitrogen and oxygen atoms in total. The molecule has 1 aliphatic rings. The highest BCUT2D eigenvalue weighted by atomic mass is 16.5. The van der Waals surface area contributed by atoms with Crippen LogP contribution in [0.5, 0.6) is 0 Å². The number of ether oxygens (including phenoxy) is 2. The predicted octanol–water partition coefficient (Wildman–Crippen LogP) is 3.01. The number of para-hydroxylation sites is 1. The first kappa shape index (κ1) is 21.3. The first-order valence-corrected chi connectivity index (χ1v) is 9.97. The van der Waals surface area contributed by atoms with Crippen LogP contribution in [0.1, 0.15) is 28.5 Å². The van der Waals surface area contributed by atoms with E-state index in [4.69, 9.17) is 9.47 Å². The third kappa shape index (κ3) is 3.97. The Bertz CT molecular complexity index is 1170. The average molecular weight is 434 g/mol. The van der Waals surface area contributed by atoms with Crippen molar-refractivity contribution in [2.24, 2.45) is 0 Å². The minimum atomic E-state index is -0.830. The van der Waals surface area contributed by atoms with Gasteiger partial charge in [0.15, 0.2) is 0 Å². The number of hydrogen-bond donors (Lipinski definition) is 2. The van der Waals surface area contributed by atoms with Gasteiger partial charge in [0.05, 0.1) is 37.1 Å². The highest BCUT2D eigenvalue weighted by Crippen LogP contribution is 2.38. The van der Waals surface area contributed by atoms with Crippen LogP contribution in [0, 0.1) is 0 Å². The summed E-state index contributed by atoms with van der Waals surface area (Å²) in [6.07, 6.45) is -0.156. The number of carbonyl (C=O) groups excluding carboxylic acids is 3. The monoisotopic (exact) mass is 434 g/mol. The summed E-state index contributed by atoms with van der Waals surface area (Å²) in [6.45, 7) is 0.255. The second-order valence-corrected chi connectivity index (χ2v) is 7.21. The molecule has 0 unspecified atom stereocenters. The maximum Gasteiger partial charge on any atom is 0.339 e. The molecule has 3 aromatic rings. The lowest BCUT2D eigenvalue weighted by molar-refractivity contribution is -0.123. The van der Waals surface area contributed by atoms with Crippen LogP contribution < -0.4 is 10.6 Å². The molecule has 0 fully saturated rings. The number of hydrogen-bond acceptors (Lipinski definition) is 6. The van der Waals surface area contributed by atoms with Crippen molar-refractivity contribution < 1.29 is 23.9 Å². The van der Waals surface area contributed by atoms with Gasteiger partial charge in [0.1, 0.15) is 11.9 Å². The maximum absolute atomic E-state index is 12.8. The molecular weight excluding hydrogens is 412 g/mol. The van der Waals surface area contributed by atoms with Crippen molar-refractivity contribution in [1.29, 1.82) is 0 Å². The molecule has 4 rings (SSSR count). The van der Waals surface area contributed by atoms with Gasteiger partial charge in [0.25, 0.3) is 5.91 Å². The second-order valence-electron chi connectivity index (χ2n) is 7.21. The Morgan fingerprint density at radius 3 is 2.53 bits per heavy atom. The number of rotatable bonds is 7. The van der Waals surface area contributed by atoms with Crippen LogP contribution in [0.15, 0.2) is 54.6 Å². The summed E-state index contributed by atoms with van der Waals surface area (Å²) < 4.78 is 11.6. The molecule has 2 heterocycles. The largest absolute Gasteiger partial charge is 0.465 e. The van der Waals surface area contributed by atoms with E-state index in [0.29, 0.717) is 17.2 Å². The first-order chi connectivity index (χ1) is 15.5. The van der Waals surface area contributed by atoms with Crippen LogP contribution in [0.25, 0.3) is 11.1 Å². The third-order valence-corrected chi connectivity index (χ3v) is 5.15. The van der Waals surface area contributed by atoms with E-state index in [1.807, 2.05) is 30.3 Å². The van der Waals surface area contributed by atoms with Crippen molar-refractivity contribution in [3.8, 4) is 11.1 Å². The fourth-order valence-corrected chi connectivity index (χ4v) is 3.72. The molecule has 0 saturated carbocycles. The number of benzene rings is 2. The zero-order chi connectivity index (χ0) is 22.7. The van der Waals surface area contributed by atoms with E-state index in [9.17, 15) is 14.4 Å². The zero-order valence-corrected chi connectivity index (χ0v) is 17.6. The number of methoxy groups -OCH3 is 2. The van der Waals surface area contributed by atoms with Crippen LogP contribution >= 0.6 is 0 Å². The van der Waals surface area contributed by atoms with Crippen LogP contribution in [-0.4, -0.2) is 41.8 Å². The van der Waals surface area contributed by atoms with E-state index >= 15 is 0 Å². The summed E-state index contributed by atoms with van der Waals surface area (Å²) in [6, 6.07) is 15.2. The SMILES string of the molecule is COCc1nn2c(c1-c1ccccc1)NC(=O)[C@@H]2CC(=O)Nc1ccccc1C(=O)OC. The normalized spacial score (nSPS) is 14.6. The fraction of sp³-hybridized carbons (Fsp3) is 0.217. The minimum absolute atomic E-state index is 0.156. The van der Waals surface area contributed by atoms with Crippen LogP contribution in [0.4, 0.5) is 11.5 Å². The van der Waals surface area contributed by atoms with Gasteiger partial charge in [-0.3, -0.25) is 9.59 Å². The highest BCUT2D eigenvalue weighted by molar-refractivity contribution is 6.06. The van der Waals surface area contributed by atoms with Gasteiger partial charge in [-0.25, -0.2) is 9.48 Å². The predicted molar refractivity (Wildman–Crippen MR) is 117 cm³/mol. The van der Waals surface area contributed by atoms with E-state index in [1.54, 1.807) is 31.4 Å². The lowest BCUT2D eigenvalue weighted by Crippen LogP contribution is -2.24. The number of fused-ring (bicyclic) bond motifs is 1. The van der Waals surface area contributed by atoms with Crippen LogP contribution in [0.2, 0.25) is 0 Å². The number of anilines is 2. The fourth-order valence-electron chi connectivity index (χ4n) is 3.72. The summed E-state index contributed by atoms with van der Waals surface area (Å²) in [5.74, 6) is -0.795. The molecule has 2 N–H and O–H groups in total. The number of amides is 2. The molecule has 1 aliphatic heterocycles. The molecular formula is C23H22N4O5. The Morgan fingerprint density at radius 2 is 1.81 bits per heavy atom. The molecule has 0 radical (unpaired) electrons. The number of aromatic nitrogens is 2. The Hall–Kier alpha value is -3.98. The molecule has 1 aromatic heterocycles. The van der Waals surface area contributed by atoms with Crippen molar-refractivity contribution in [1.82, 2.24) is 9.78 Å². The maximum atomic E-state index is 12.8. The summed E-state index contributed by atoms with van der Waals surface area (Å²) in [4.78, 5) is 37.4. The van der Waals surface area contributed by atoms with Crippen LogP contribution in [0.3, 0.4) is 0 Å². The Balaban J connectivity index is 1.61. The molecule has 164 valence electrons. The van der Waals surface area contributed by atoms with Crippen molar-refractivity contribution >= 4 is 29.3 Å². The Kier molecular flexibility index (Phi) is 6.00. The topological polar surface area (TPSA) is 112 Å². The summed E-state index contributed by atoms with van der Waals surface area (Å²) in [5, 5.41) is 10.1. The smallest absolute Gasteiger partial charge is 0.339 e. The zero-order valence-electron chi connectivity index (χ0n) is 17.6. The minimum Gasteiger partial charge on any atom is -0.465 e. The van der Waals surface area contributed by atoms with E-state index in [2.05, 4.69) is 15.7 Å². The molecule has 2 amide bonds.